The molecule has 1 saturated heterocycles. The number of carbonyl (C=O) groups is 1. The molecule has 1 aliphatic heterocycles. The van der Waals surface area contributed by atoms with Gasteiger partial charge in [0, 0.05) is 6.42 Å². The Hall–Kier alpha value is -0.180. The molecular weight excluding hydrogens is 232 g/mol. The van der Waals surface area contributed by atoms with Gasteiger partial charge in [-0.2, -0.15) is 11.8 Å². The second kappa shape index (κ2) is 10.9. The summed E-state index contributed by atoms with van der Waals surface area (Å²) in [6, 6.07) is 0. The first-order valence-electron chi connectivity index (χ1n) is 7.13. The van der Waals surface area contributed by atoms with Crippen LogP contribution in [-0.2, 0) is 9.53 Å². The highest BCUT2D eigenvalue weighted by Gasteiger charge is 2.03. The van der Waals surface area contributed by atoms with Gasteiger partial charge in [0.05, 0.1) is 6.61 Å². The Balaban J connectivity index is 2.11. The minimum absolute atomic E-state index is 0.00708. The Morgan fingerprint density at radius 3 is 2.12 bits per heavy atom. The molecule has 1 heterocycles. The highest BCUT2D eigenvalue weighted by Crippen LogP contribution is 2.13. The summed E-state index contributed by atoms with van der Waals surface area (Å²) in [6.45, 7) is 0.631. The van der Waals surface area contributed by atoms with Crippen molar-refractivity contribution >= 4 is 17.7 Å². The maximum absolute atomic E-state index is 11.4. The lowest BCUT2D eigenvalue weighted by Gasteiger charge is -2.06. The van der Waals surface area contributed by atoms with Crippen molar-refractivity contribution in [3.63, 3.8) is 0 Å². The van der Waals surface area contributed by atoms with Crippen molar-refractivity contribution in [1.82, 2.24) is 0 Å². The fourth-order valence-electron chi connectivity index (χ4n) is 2.02. The molecule has 2 nitrogen and oxygen atoms in total. The van der Waals surface area contributed by atoms with E-state index < -0.39 is 0 Å². The van der Waals surface area contributed by atoms with Gasteiger partial charge in [-0.1, -0.05) is 32.1 Å². The summed E-state index contributed by atoms with van der Waals surface area (Å²) in [5, 5.41) is 0. The molecule has 1 aliphatic rings. The summed E-state index contributed by atoms with van der Waals surface area (Å²) in [6.07, 6.45) is 11.6. The van der Waals surface area contributed by atoms with Gasteiger partial charge in [-0.15, -0.1) is 0 Å². The number of rotatable bonds is 0. The zero-order valence-electron chi connectivity index (χ0n) is 10.9. The largest absolute Gasteiger partial charge is 0.466 e. The first-order chi connectivity index (χ1) is 8.39. The van der Waals surface area contributed by atoms with Crippen molar-refractivity contribution in [2.75, 3.05) is 18.1 Å². The fraction of sp³-hybridized carbons (Fsp3) is 0.929. The Morgan fingerprint density at radius 2 is 1.35 bits per heavy atom. The fourth-order valence-corrected chi connectivity index (χ4v) is 3.04. The number of carbonyl (C=O) groups excluding carboxylic acids is 1. The van der Waals surface area contributed by atoms with Gasteiger partial charge in [-0.3, -0.25) is 4.79 Å². The van der Waals surface area contributed by atoms with Crippen LogP contribution < -0.4 is 0 Å². The Kier molecular flexibility index (Phi) is 9.58. The average Bonchev–Trinajstić information content (AvgIpc) is 2.32. The van der Waals surface area contributed by atoms with E-state index in [1.165, 1.54) is 56.5 Å². The summed E-state index contributed by atoms with van der Waals surface area (Å²) in [5.74, 6) is 2.63. The van der Waals surface area contributed by atoms with Crippen LogP contribution in [0.2, 0.25) is 0 Å². The lowest BCUT2D eigenvalue weighted by molar-refractivity contribution is -0.143. The zero-order chi connectivity index (χ0) is 12.2. The summed E-state index contributed by atoms with van der Waals surface area (Å²) in [5.41, 5.74) is 0. The van der Waals surface area contributed by atoms with Crippen molar-refractivity contribution in [3.05, 3.63) is 0 Å². The van der Waals surface area contributed by atoms with Crippen molar-refractivity contribution in [1.29, 1.82) is 0 Å². The van der Waals surface area contributed by atoms with E-state index in [-0.39, 0.29) is 5.97 Å². The molecule has 1 fully saturated rings. The van der Waals surface area contributed by atoms with E-state index >= 15 is 0 Å². The lowest BCUT2D eigenvalue weighted by atomic mass is 10.1. The van der Waals surface area contributed by atoms with Crippen LogP contribution in [0.3, 0.4) is 0 Å². The average molecular weight is 258 g/mol. The smallest absolute Gasteiger partial charge is 0.305 e. The quantitative estimate of drug-likeness (QED) is 0.610. The maximum atomic E-state index is 11.4. The van der Waals surface area contributed by atoms with Crippen molar-refractivity contribution in [2.24, 2.45) is 0 Å². The van der Waals surface area contributed by atoms with Crippen LogP contribution in [0.4, 0.5) is 0 Å². The van der Waals surface area contributed by atoms with E-state index in [0.29, 0.717) is 13.0 Å². The van der Waals surface area contributed by atoms with Crippen LogP contribution in [0.25, 0.3) is 0 Å². The third kappa shape index (κ3) is 9.51. The number of esters is 1. The molecule has 0 unspecified atom stereocenters. The highest BCUT2D eigenvalue weighted by atomic mass is 32.2. The summed E-state index contributed by atoms with van der Waals surface area (Å²) < 4.78 is 5.20. The molecule has 0 radical (unpaired) electrons. The Bertz CT molecular complexity index is 177. The number of hydrogen-bond donors (Lipinski definition) is 0. The third-order valence-electron chi connectivity index (χ3n) is 3.12. The van der Waals surface area contributed by atoms with Crippen LogP contribution >= 0.6 is 11.8 Å². The predicted octanol–water partition coefficient (Wildman–Crippen LogP) is 4.18. The highest BCUT2D eigenvalue weighted by molar-refractivity contribution is 7.99. The standard InChI is InChI=1S/C14H26O2S/c15-14-10-6-2-1-4-8-12-17-13-9-5-3-7-11-16-14/h1-13H2. The molecule has 3 heteroatoms. The molecular formula is C14H26O2S. The van der Waals surface area contributed by atoms with Crippen LogP contribution in [0.1, 0.15) is 64.2 Å². The van der Waals surface area contributed by atoms with Crippen LogP contribution in [-0.4, -0.2) is 24.1 Å². The molecule has 0 bridgehead atoms. The molecule has 0 amide bonds. The number of cyclic esters (lactones) is 1. The molecule has 17 heavy (non-hydrogen) atoms. The van der Waals surface area contributed by atoms with Gasteiger partial charge in [0.2, 0.25) is 0 Å². The van der Waals surface area contributed by atoms with Crippen LogP contribution in [0.15, 0.2) is 0 Å². The SMILES string of the molecule is O=C1CCCCCCCSCCCCCCO1. The van der Waals surface area contributed by atoms with Crippen LogP contribution in [0, 0.1) is 0 Å². The second-order valence-corrected chi connectivity index (χ2v) is 5.99. The normalized spacial score (nSPS) is 22.9. The Labute approximate surface area is 110 Å². The minimum atomic E-state index is 0.00708. The Morgan fingerprint density at radius 1 is 0.765 bits per heavy atom. The van der Waals surface area contributed by atoms with E-state index in [0.717, 1.165) is 12.8 Å². The molecule has 0 aromatic carbocycles. The molecule has 1 rings (SSSR count). The van der Waals surface area contributed by atoms with Crippen molar-refractivity contribution in [2.45, 2.75) is 64.2 Å². The van der Waals surface area contributed by atoms with Gasteiger partial charge < -0.3 is 4.74 Å². The molecule has 0 N–H and O–H groups in total. The van der Waals surface area contributed by atoms with Gasteiger partial charge in [0.1, 0.15) is 0 Å². The monoisotopic (exact) mass is 258 g/mol. The molecule has 0 aromatic rings. The lowest BCUT2D eigenvalue weighted by Crippen LogP contribution is -2.05. The molecule has 100 valence electrons. The number of hydrogen-bond acceptors (Lipinski definition) is 3. The van der Waals surface area contributed by atoms with Gasteiger partial charge in [-0.05, 0) is 37.2 Å². The molecule has 0 spiro atoms. The first kappa shape index (κ1) is 14.9. The third-order valence-corrected chi connectivity index (χ3v) is 4.27. The topological polar surface area (TPSA) is 26.3 Å². The zero-order valence-corrected chi connectivity index (χ0v) is 11.7. The van der Waals surface area contributed by atoms with E-state index in [9.17, 15) is 4.79 Å². The molecule has 0 saturated carbocycles. The minimum Gasteiger partial charge on any atom is -0.466 e. The molecule has 0 aromatic heterocycles. The van der Waals surface area contributed by atoms with E-state index in [2.05, 4.69) is 11.8 Å². The number of thioether (sulfide) groups is 1. The first-order valence-corrected chi connectivity index (χ1v) is 8.28. The van der Waals surface area contributed by atoms with Gasteiger partial charge in [0.25, 0.3) is 0 Å². The van der Waals surface area contributed by atoms with Crippen LogP contribution in [0.5, 0.6) is 0 Å². The summed E-state index contributed by atoms with van der Waals surface area (Å²) in [7, 11) is 0. The van der Waals surface area contributed by atoms with Crippen molar-refractivity contribution < 1.29 is 9.53 Å². The summed E-state index contributed by atoms with van der Waals surface area (Å²) >= 11 is 2.10. The predicted molar refractivity (Wildman–Crippen MR) is 74.5 cm³/mol. The molecule has 0 atom stereocenters. The maximum Gasteiger partial charge on any atom is 0.305 e. The van der Waals surface area contributed by atoms with E-state index in [1.54, 1.807) is 0 Å². The van der Waals surface area contributed by atoms with Gasteiger partial charge >= 0.3 is 5.97 Å². The van der Waals surface area contributed by atoms with E-state index in [1.807, 2.05) is 0 Å². The molecule has 0 aliphatic carbocycles. The van der Waals surface area contributed by atoms with Crippen molar-refractivity contribution in [3.8, 4) is 0 Å². The summed E-state index contributed by atoms with van der Waals surface area (Å²) in [4.78, 5) is 11.4. The number of ether oxygens (including phenoxy) is 1. The van der Waals surface area contributed by atoms with E-state index in [4.69, 9.17) is 4.74 Å². The second-order valence-electron chi connectivity index (χ2n) is 4.76. The van der Waals surface area contributed by atoms with Gasteiger partial charge in [0.15, 0.2) is 0 Å². The van der Waals surface area contributed by atoms with Gasteiger partial charge in [-0.25, -0.2) is 0 Å².